The maximum absolute atomic E-state index is 5.31. The van der Waals surface area contributed by atoms with Gasteiger partial charge in [-0.15, -0.1) is 0 Å². The van der Waals surface area contributed by atoms with E-state index in [9.17, 15) is 0 Å². The topological polar surface area (TPSA) is 28.5 Å². The monoisotopic (exact) mass is 288 g/mol. The van der Waals surface area contributed by atoms with Gasteiger partial charge >= 0.3 is 0 Å². The van der Waals surface area contributed by atoms with Crippen LogP contribution in [0.25, 0.3) is 10.8 Å². The van der Waals surface area contributed by atoms with Crippen LogP contribution in [0.1, 0.15) is 6.42 Å². The zero-order valence-electron chi connectivity index (χ0n) is 12.1. The van der Waals surface area contributed by atoms with Gasteiger partial charge in [0.05, 0.1) is 20.6 Å². The summed E-state index contributed by atoms with van der Waals surface area (Å²) in [6.45, 7) is 2.05. The summed E-state index contributed by atoms with van der Waals surface area (Å²) in [5.41, 5.74) is 1.03. The van der Waals surface area contributed by atoms with Gasteiger partial charge < -0.3 is 15.5 Å². The fraction of sp³-hybridized carbons (Fsp3) is 0.312. The minimum absolute atomic E-state index is 0.689. The minimum atomic E-state index is 0.689. The van der Waals surface area contributed by atoms with Crippen LogP contribution in [0.2, 0.25) is 0 Å². The van der Waals surface area contributed by atoms with Gasteiger partial charge in [0, 0.05) is 18.7 Å². The summed E-state index contributed by atoms with van der Waals surface area (Å²) >= 11 is 5.31. The summed E-state index contributed by atoms with van der Waals surface area (Å²) in [6, 6.07) is 14.6. The number of hydrogen-bond donors (Lipinski definition) is 3. The van der Waals surface area contributed by atoms with Crippen LogP contribution in [0.4, 0.5) is 5.69 Å². The summed E-state index contributed by atoms with van der Waals surface area (Å²) in [5, 5.41) is 9.63. The summed E-state index contributed by atoms with van der Waals surface area (Å²) in [7, 11) is 4.32. The molecule has 3 nitrogen and oxygen atoms in total. The molecule has 0 aromatic heterocycles. The number of fused-ring (bicyclic) bond motifs is 1. The van der Waals surface area contributed by atoms with E-state index in [-0.39, 0.29) is 0 Å². The van der Waals surface area contributed by atoms with Gasteiger partial charge in [-0.1, -0.05) is 30.3 Å². The normalized spacial score (nSPS) is 10.8. The first-order valence-corrected chi connectivity index (χ1v) is 7.38. The number of benzene rings is 2. The molecule has 0 radical (unpaired) electrons. The average molecular weight is 288 g/mol. The lowest BCUT2D eigenvalue weighted by Gasteiger charge is -2.12. The van der Waals surface area contributed by atoms with E-state index in [1.54, 1.807) is 0 Å². The number of quaternary nitrogens is 1. The second kappa shape index (κ2) is 7.22. The van der Waals surface area contributed by atoms with Crippen LogP contribution in [0.3, 0.4) is 0 Å². The zero-order chi connectivity index (χ0) is 14.4. The molecule has 0 spiro atoms. The quantitative estimate of drug-likeness (QED) is 0.577. The van der Waals surface area contributed by atoms with Gasteiger partial charge in [-0.25, -0.2) is 0 Å². The van der Waals surface area contributed by atoms with Gasteiger partial charge in [-0.2, -0.15) is 0 Å². The third-order valence-corrected chi connectivity index (χ3v) is 3.39. The molecule has 0 aliphatic carbocycles. The second-order valence-corrected chi connectivity index (χ2v) is 5.66. The summed E-state index contributed by atoms with van der Waals surface area (Å²) in [5.74, 6) is 0. The van der Waals surface area contributed by atoms with Crippen molar-refractivity contribution in [1.82, 2.24) is 5.32 Å². The number of thiocarbonyl (C=S) groups is 1. The van der Waals surface area contributed by atoms with Crippen molar-refractivity contribution in [1.29, 1.82) is 0 Å². The maximum atomic E-state index is 5.31. The van der Waals surface area contributed by atoms with E-state index in [1.165, 1.54) is 15.7 Å². The first kappa shape index (κ1) is 14.8. The van der Waals surface area contributed by atoms with Crippen LogP contribution in [0.5, 0.6) is 0 Å². The van der Waals surface area contributed by atoms with Gasteiger partial charge in [0.2, 0.25) is 0 Å². The summed E-state index contributed by atoms with van der Waals surface area (Å²) < 4.78 is 0. The Kier molecular flexibility index (Phi) is 5.32. The Morgan fingerprint density at radius 1 is 1.10 bits per heavy atom. The Morgan fingerprint density at radius 2 is 1.85 bits per heavy atom. The highest BCUT2D eigenvalue weighted by Crippen LogP contribution is 2.18. The van der Waals surface area contributed by atoms with Gasteiger partial charge in [0.15, 0.2) is 5.11 Å². The Labute approximate surface area is 126 Å². The molecule has 106 valence electrons. The largest absolute Gasteiger partial charge is 0.362 e. The molecule has 3 N–H and O–H groups in total. The van der Waals surface area contributed by atoms with E-state index < -0.39 is 0 Å². The second-order valence-electron chi connectivity index (χ2n) is 5.25. The molecule has 0 bridgehead atoms. The molecule has 2 aromatic rings. The molecule has 2 aromatic carbocycles. The summed E-state index contributed by atoms with van der Waals surface area (Å²) in [4.78, 5) is 1.46. The van der Waals surface area contributed by atoms with Crippen molar-refractivity contribution < 1.29 is 4.90 Å². The van der Waals surface area contributed by atoms with Crippen molar-refractivity contribution in [2.24, 2.45) is 0 Å². The fourth-order valence-corrected chi connectivity index (χ4v) is 2.31. The summed E-state index contributed by atoms with van der Waals surface area (Å²) in [6.07, 6.45) is 1.11. The Balaban J connectivity index is 1.86. The minimum Gasteiger partial charge on any atom is -0.362 e. The van der Waals surface area contributed by atoms with Gasteiger partial charge in [-0.3, -0.25) is 0 Å². The molecule has 0 heterocycles. The van der Waals surface area contributed by atoms with E-state index in [2.05, 4.69) is 55.1 Å². The fourth-order valence-electron chi connectivity index (χ4n) is 2.09. The van der Waals surface area contributed by atoms with E-state index >= 15 is 0 Å². The first-order chi connectivity index (χ1) is 9.65. The molecule has 0 unspecified atom stereocenters. The van der Waals surface area contributed by atoms with Crippen LogP contribution < -0.4 is 15.5 Å². The molecule has 4 heteroatoms. The molecule has 0 amide bonds. The molecular weight excluding hydrogens is 266 g/mol. The zero-order valence-corrected chi connectivity index (χ0v) is 12.9. The number of anilines is 1. The average Bonchev–Trinajstić information content (AvgIpc) is 2.43. The van der Waals surface area contributed by atoms with Crippen LogP contribution in [-0.4, -0.2) is 32.3 Å². The predicted molar refractivity (Wildman–Crippen MR) is 90.5 cm³/mol. The predicted octanol–water partition coefficient (Wildman–Crippen LogP) is 1.66. The van der Waals surface area contributed by atoms with E-state index in [4.69, 9.17) is 12.2 Å². The highest BCUT2D eigenvalue weighted by molar-refractivity contribution is 7.80. The maximum Gasteiger partial charge on any atom is 0.170 e. The van der Waals surface area contributed by atoms with Crippen molar-refractivity contribution in [3.8, 4) is 0 Å². The molecule has 0 saturated carbocycles. The molecule has 0 fully saturated rings. The third-order valence-electron chi connectivity index (χ3n) is 3.15. The van der Waals surface area contributed by atoms with E-state index in [0.717, 1.165) is 25.2 Å². The van der Waals surface area contributed by atoms with E-state index in [0.29, 0.717) is 5.11 Å². The first-order valence-electron chi connectivity index (χ1n) is 6.98. The number of hydrogen-bond acceptors (Lipinski definition) is 1. The molecule has 0 aliphatic rings. The standard InChI is InChI=1S/C16H21N3S/c1-19(2)11-5-10-17-16(20)18-15-9-8-13-6-3-4-7-14(13)12-15/h3-4,6-9,12H,5,10-11H2,1-2H3,(H2,17,18,20)/p+1. The van der Waals surface area contributed by atoms with Crippen LogP contribution in [0.15, 0.2) is 42.5 Å². The van der Waals surface area contributed by atoms with Crippen molar-refractivity contribution >= 4 is 33.8 Å². The van der Waals surface area contributed by atoms with Crippen molar-refractivity contribution in [3.05, 3.63) is 42.5 Å². The molecule has 0 aliphatic heterocycles. The number of nitrogens with one attached hydrogen (secondary N) is 3. The smallest absolute Gasteiger partial charge is 0.170 e. The lowest BCUT2D eigenvalue weighted by molar-refractivity contribution is -0.858. The number of rotatable bonds is 5. The lowest BCUT2D eigenvalue weighted by Crippen LogP contribution is -3.05. The Morgan fingerprint density at radius 3 is 2.60 bits per heavy atom. The van der Waals surface area contributed by atoms with Gasteiger partial charge in [0.1, 0.15) is 0 Å². The molecule has 20 heavy (non-hydrogen) atoms. The lowest BCUT2D eigenvalue weighted by atomic mass is 10.1. The molecule has 2 rings (SSSR count). The van der Waals surface area contributed by atoms with E-state index in [1.807, 2.05) is 12.1 Å². The van der Waals surface area contributed by atoms with Crippen LogP contribution >= 0.6 is 12.2 Å². The van der Waals surface area contributed by atoms with Crippen molar-refractivity contribution in [2.75, 3.05) is 32.5 Å². The van der Waals surface area contributed by atoms with Crippen LogP contribution in [-0.2, 0) is 0 Å². The van der Waals surface area contributed by atoms with Crippen LogP contribution in [0, 0.1) is 0 Å². The third kappa shape index (κ3) is 4.47. The SMILES string of the molecule is C[NH+](C)CCCNC(=S)Nc1ccc2ccccc2c1. The highest BCUT2D eigenvalue weighted by atomic mass is 32.1. The highest BCUT2D eigenvalue weighted by Gasteiger charge is 2.00. The van der Waals surface area contributed by atoms with Crippen molar-refractivity contribution in [2.45, 2.75) is 6.42 Å². The molecule has 0 saturated heterocycles. The Bertz CT molecular complexity index is 581. The van der Waals surface area contributed by atoms with Gasteiger partial charge in [0.25, 0.3) is 0 Å². The molecular formula is C16H22N3S+. The Hall–Kier alpha value is -1.65. The van der Waals surface area contributed by atoms with Crippen molar-refractivity contribution in [3.63, 3.8) is 0 Å². The van der Waals surface area contributed by atoms with Gasteiger partial charge in [-0.05, 0) is 35.1 Å². The molecule has 0 atom stereocenters.